The Hall–Kier alpha value is -3.22. The van der Waals surface area contributed by atoms with Gasteiger partial charge >= 0.3 is 5.69 Å². The first-order chi connectivity index (χ1) is 12.7. The molecule has 2 aromatic carbocycles. The molecule has 7 nitrogen and oxygen atoms in total. The lowest BCUT2D eigenvalue weighted by Gasteiger charge is -2.10. The molecule has 0 saturated heterocycles. The van der Waals surface area contributed by atoms with Gasteiger partial charge in [-0.2, -0.15) is 4.68 Å². The second-order valence-electron chi connectivity index (χ2n) is 6.52. The van der Waals surface area contributed by atoms with Gasteiger partial charge < -0.3 is 5.32 Å². The van der Waals surface area contributed by atoms with Gasteiger partial charge in [0.25, 0.3) is 5.91 Å². The molecular weight excluding hydrogens is 330 g/mol. The predicted molar refractivity (Wildman–Crippen MR) is 97.6 cm³/mol. The van der Waals surface area contributed by atoms with Crippen LogP contribution < -0.4 is 11.0 Å². The number of nitrogens with one attached hydrogen (secondary N) is 2. The van der Waals surface area contributed by atoms with Crippen LogP contribution in [0.5, 0.6) is 0 Å². The zero-order valence-electron chi connectivity index (χ0n) is 14.2. The highest BCUT2D eigenvalue weighted by molar-refractivity contribution is 6.04. The molecule has 0 aliphatic heterocycles. The van der Waals surface area contributed by atoms with E-state index < -0.39 is 5.69 Å². The minimum atomic E-state index is -0.413. The zero-order chi connectivity index (χ0) is 17.9. The van der Waals surface area contributed by atoms with E-state index in [2.05, 4.69) is 33.0 Å². The Balaban J connectivity index is 1.44. The lowest BCUT2D eigenvalue weighted by Crippen LogP contribution is -2.16. The van der Waals surface area contributed by atoms with Gasteiger partial charge in [-0.05, 0) is 71.1 Å². The Morgan fingerprint density at radius 1 is 1.04 bits per heavy atom. The molecule has 1 heterocycles. The average Bonchev–Trinajstić information content (AvgIpc) is 3.34. The molecule has 4 rings (SSSR count). The molecule has 0 bridgehead atoms. The van der Waals surface area contributed by atoms with E-state index in [-0.39, 0.29) is 5.91 Å². The number of aromatic amines is 1. The summed E-state index contributed by atoms with van der Waals surface area (Å²) in [4.78, 5) is 23.9. The van der Waals surface area contributed by atoms with Gasteiger partial charge in [0.1, 0.15) is 0 Å². The first kappa shape index (κ1) is 16.3. The number of benzene rings is 2. The highest BCUT2D eigenvalue weighted by Crippen LogP contribution is 2.34. The highest BCUT2D eigenvalue weighted by Gasteiger charge is 2.17. The summed E-state index contributed by atoms with van der Waals surface area (Å²) in [6.07, 6.45) is 5.08. The number of carbonyl (C=O) groups is 1. The van der Waals surface area contributed by atoms with Gasteiger partial charge in [-0.25, -0.2) is 9.89 Å². The quantitative estimate of drug-likeness (QED) is 0.757. The van der Waals surface area contributed by atoms with Crippen LogP contribution in [0.2, 0.25) is 0 Å². The highest BCUT2D eigenvalue weighted by atomic mass is 16.2. The molecule has 1 aliphatic rings. The lowest BCUT2D eigenvalue weighted by molar-refractivity contribution is 0.102. The van der Waals surface area contributed by atoms with E-state index in [0.717, 1.165) is 4.68 Å². The van der Waals surface area contributed by atoms with Gasteiger partial charge in [-0.1, -0.05) is 25.0 Å². The summed E-state index contributed by atoms with van der Waals surface area (Å²) in [5, 5.41) is 12.2. The molecule has 0 radical (unpaired) electrons. The SMILES string of the molecule is O=C(Nc1ccc(-n2nn[nH]c2=O)cc1)c1ccc(C2CCCC2)cc1. The Bertz CT molecular complexity index is 951. The summed E-state index contributed by atoms with van der Waals surface area (Å²) in [5.74, 6) is 0.480. The fourth-order valence-corrected chi connectivity index (χ4v) is 3.42. The maximum atomic E-state index is 12.4. The number of hydrogen-bond donors (Lipinski definition) is 2. The van der Waals surface area contributed by atoms with E-state index in [4.69, 9.17) is 0 Å². The van der Waals surface area contributed by atoms with Crippen molar-refractivity contribution in [2.75, 3.05) is 5.32 Å². The van der Waals surface area contributed by atoms with E-state index in [9.17, 15) is 9.59 Å². The molecule has 1 aromatic heterocycles. The van der Waals surface area contributed by atoms with Crippen LogP contribution in [-0.4, -0.2) is 26.1 Å². The second kappa shape index (κ2) is 6.95. The van der Waals surface area contributed by atoms with Crippen molar-refractivity contribution in [2.24, 2.45) is 0 Å². The summed E-state index contributed by atoms with van der Waals surface area (Å²) in [7, 11) is 0. The molecule has 2 N–H and O–H groups in total. The van der Waals surface area contributed by atoms with Crippen molar-refractivity contribution in [3.8, 4) is 5.69 Å². The molecule has 1 saturated carbocycles. The third-order valence-electron chi connectivity index (χ3n) is 4.84. The molecule has 0 spiro atoms. The van der Waals surface area contributed by atoms with Crippen molar-refractivity contribution in [3.63, 3.8) is 0 Å². The van der Waals surface area contributed by atoms with E-state index >= 15 is 0 Å². The van der Waals surface area contributed by atoms with Crippen molar-refractivity contribution in [1.29, 1.82) is 0 Å². The van der Waals surface area contributed by atoms with Crippen molar-refractivity contribution in [3.05, 3.63) is 70.1 Å². The molecule has 0 unspecified atom stereocenters. The van der Waals surface area contributed by atoms with Gasteiger partial charge in [-0.15, -0.1) is 0 Å². The first-order valence-electron chi connectivity index (χ1n) is 8.73. The Morgan fingerprint density at radius 2 is 1.73 bits per heavy atom. The van der Waals surface area contributed by atoms with Gasteiger partial charge in [0.2, 0.25) is 0 Å². The Morgan fingerprint density at radius 3 is 2.35 bits per heavy atom. The van der Waals surface area contributed by atoms with Crippen LogP contribution in [0.1, 0.15) is 47.5 Å². The zero-order valence-corrected chi connectivity index (χ0v) is 14.2. The number of nitrogens with zero attached hydrogens (tertiary/aromatic N) is 3. The number of carbonyl (C=O) groups excluding carboxylic acids is 1. The van der Waals surface area contributed by atoms with Crippen LogP contribution in [0.3, 0.4) is 0 Å². The third kappa shape index (κ3) is 3.28. The molecule has 26 heavy (non-hydrogen) atoms. The normalized spacial score (nSPS) is 14.5. The second-order valence-corrected chi connectivity index (χ2v) is 6.52. The molecule has 132 valence electrons. The molecule has 1 amide bonds. The van der Waals surface area contributed by atoms with Gasteiger partial charge in [0.15, 0.2) is 0 Å². The Labute approximate surface area is 150 Å². The molecule has 3 aromatic rings. The van der Waals surface area contributed by atoms with Crippen molar-refractivity contribution in [2.45, 2.75) is 31.6 Å². The van der Waals surface area contributed by atoms with Crippen molar-refractivity contribution < 1.29 is 4.79 Å². The summed E-state index contributed by atoms with van der Waals surface area (Å²) in [6, 6.07) is 14.7. The number of aromatic nitrogens is 4. The number of hydrogen-bond acceptors (Lipinski definition) is 4. The molecular formula is C19H19N5O2. The summed E-state index contributed by atoms with van der Waals surface area (Å²) < 4.78 is 1.15. The van der Waals surface area contributed by atoms with E-state index in [1.165, 1.54) is 31.2 Å². The minimum Gasteiger partial charge on any atom is -0.322 e. The monoisotopic (exact) mass is 349 g/mol. The van der Waals surface area contributed by atoms with E-state index in [0.29, 0.717) is 22.9 Å². The summed E-state index contributed by atoms with van der Waals surface area (Å²) >= 11 is 0. The fraction of sp³-hybridized carbons (Fsp3) is 0.263. The first-order valence-corrected chi connectivity index (χ1v) is 8.73. The van der Waals surface area contributed by atoms with Crippen LogP contribution in [0.15, 0.2) is 53.3 Å². The van der Waals surface area contributed by atoms with Gasteiger partial charge in [0.05, 0.1) is 5.69 Å². The van der Waals surface area contributed by atoms with E-state index in [1.54, 1.807) is 24.3 Å². The van der Waals surface area contributed by atoms with Crippen LogP contribution >= 0.6 is 0 Å². The van der Waals surface area contributed by atoms with Gasteiger partial charge in [0, 0.05) is 11.3 Å². The average molecular weight is 349 g/mol. The maximum Gasteiger partial charge on any atom is 0.365 e. The van der Waals surface area contributed by atoms with Crippen LogP contribution in [0, 0.1) is 0 Å². The van der Waals surface area contributed by atoms with Crippen molar-refractivity contribution in [1.82, 2.24) is 20.2 Å². The molecule has 7 heteroatoms. The van der Waals surface area contributed by atoms with Gasteiger partial charge in [-0.3, -0.25) is 4.79 Å². The topological polar surface area (TPSA) is 92.7 Å². The standard InChI is InChI=1S/C19H19N5O2/c25-18(15-7-5-14(6-8-15)13-3-1-2-4-13)20-16-9-11-17(12-10-16)24-19(26)21-22-23-24/h5-13H,1-4H2,(H,20,25)(H,21,23,26). The van der Waals surface area contributed by atoms with Crippen LogP contribution in [0.25, 0.3) is 5.69 Å². The lowest BCUT2D eigenvalue weighted by atomic mass is 9.96. The third-order valence-corrected chi connectivity index (χ3v) is 4.84. The summed E-state index contributed by atoms with van der Waals surface area (Å²) in [6.45, 7) is 0. The minimum absolute atomic E-state index is 0.158. The number of anilines is 1. The smallest absolute Gasteiger partial charge is 0.322 e. The number of H-pyrrole nitrogens is 1. The predicted octanol–water partition coefficient (Wildman–Crippen LogP) is 2.87. The summed E-state index contributed by atoms with van der Waals surface area (Å²) in [5.41, 5.74) is 2.76. The molecule has 0 atom stereocenters. The van der Waals surface area contributed by atoms with Crippen LogP contribution in [-0.2, 0) is 0 Å². The van der Waals surface area contributed by atoms with Crippen LogP contribution in [0.4, 0.5) is 5.69 Å². The largest absolute Gasteiger partial charge is 0.365 e. The number of tetrazole rings is 1. The molecule has 1 fully saturated rings. The fourth-order valence-electron chi connectivity index (χ4n) is 3.42. The maximum absolute atomic E-state index is 12.4. The van der Waals surface area contributed by atoms with E-state index in [1.807, 2.05) is 12.1 Å². The van der Waals surface area contributed by atoms with Crippen molar-refractivity contribution >= 4 is 11.6 Å². The Kier molecular flexibility index (Phi) is 4.35. The molecule has 1 aliphatic carbocycles. The number of rotatable bonds is 4. The number of amides is 1.